The van der Waals surface area contributed by atoms with E-state index in [4.69, 9.17) is 5.10 Å². The Morgan fingerprint density at radius 3 is 2.61 bits per heavy atom. The molecular formula is C24H27IrN3-2. The smallest absolute Gasteiger partial charge is 0.127 e. The van der Waals surface area contributed by atoms with Gasteiger partial charge in [0.25, 0.3) is 0 Å². The summed E-state index contributed by atoms with van der Waals surface area (Å²) in [5.41, 5.74) is 7.67. The molecule has 3 nitrogen and oxygen atoms in total. The molecule has 0 spiro atoms. The first-order valence-corrected chi connectivity index (χ1v) is 10.3. The van der Waals surface area contributed by atoms with Crippen molar-refractivity contribution in [2.45, 2.75) is 64.8 Å². The molecule has 2 heterocycles. The molecule has 2 aliphatic heterocycles. The molecule has 28 heavy (non-hydrogen) atoms. The third kappa shape index (κ3) is 3.21. The van der Waals surface area contributed by atoms with Crippen molar-refractivity contribution in [3.63, 3.8) is 0 Å². The Kier molecular flexibility index (Phi) is 5.37. The van der Waals surface area contributed by atoms with Crippen molar-refractivity contribution in [2.75, 3.05) is 4.90 Å². The number of benzene rings is 2. The van der Waals surface area contributed by atoms with Crippen LogP contribution in [0.4, 0.5) is 5.69 Å². The quantitative estimate of drug-likeness (QED) is 0.439. The molecule has 2 aromatic carbocycles. The first-order chi connectivity index (χ1) is 13.1. The summed E-state index contributed by atoms with van der Waals surface area (Å²) >= 11 is 0. The SMILES string of the molecule is Cc1c[c-]c2c(c1)-c1ccc(C3CCCCC3)cc1C1=NN(C(C)C)[CH-]N12.[Ir]. The predicted octanol–water partition coefficient (Wildman–Crippen LogP) is 5.83. The van der Waals surface area contributed by atoms with Crippen molar-refractivity contribution in [3.05, 3.63) is 59.8 Å². The van der Waals surface area contributed by atoms with Gasteiger partial charge in [-0.25, -0.2) is 0 Å². The minimum atomic E-state index is 0. The van der Waals surface area contributed by atoms with E-state index in [1.807, 2.05) is 0 Å². The summed E-state index contributed by atoms with van der Waals surface area (Å²) in [5.74, 6) is 1.75. The summed E-state index contributed by atoms with van der Waals surface area (Å²) in [5, 5.41) is 7.02. The Morgan fingerprint density at radius 1 is 1.07 bits per heavy atom. The summed E-state index contributed by atoms with van der Waals surface area (Å²) in [4.78, 5) is 2.22. The number of hydrogen-bond donors (Lipinski definition) is 0. The number of hydrazone groups is 1. The average Bonchev–Trinajstić information content (AvgIpc) is 3.14. The van der Waals surface area contributed by atoms with Gasteiger partial charge in [0.15, 0.2) is 0 Å². The summed E-state index contributed by atoms with van der Waals surface area (Å²) < 4.78 is 0. The van der Waals surface area contributed by atoms with E-state index in [1.54, 1.807) is 0 Å². The normalized spacial score (nSPS) is 18.4. The maximum atomic E-state index is 4.96. The van der Waals surface area contributed by atoms with Gasteiger partial charge in [0.2, 0.25) is 0 Å². The van der Waals surface area contributed by atoms with Gasteiger partial charge in [-0.1, -0.05) is 49.6 Å². The van der Waals surface area contributed by atoms with Crippen LogP contribution in [-0.4, -0.2) is 16.9 Å². The number of amidine groups is 1. The van der Waals surface area contributed by atoms with Crippen LogP contribution in [0.15, 0.2) is 35.4 Å². The Balaban J connectivity index is 0.00000192. The Hall–Kier alpha value is -1.64. The zero-order chi connectivity index (χ0) is 18.5. The molecule has 149 valence electrons. The minimum Gasteiger partial charge on any atom is -0.476 e. The molecule has 0 saturated heterocycles. The Bertz CT molecular complexity index is 912. The van der Waals surface area contributed by atoms with Crippen LogP contribution in [0.1, 0.15) is 68.6 Å². The largest absolute Gasteiger partial charge is 0.476 e. The fraction of sp³-hybridized carbons (Fsp3) is 0.417. The van der Waals surface area contributed by atoms with E-state index in [0.717, 1.165) is 11.5 Å². The van der Waals surface area contributed by atoms with E-state index in [2.05, 4.69) is 73.7 Å². The fourth-order valence-electron chi connectivity index (χ4n) is 4.63. The van der Waals surface area contributed by atoms with Gasteiger partial charge in [-0.15, -0.1) is 12.2 Å². The van der Waals surface area contributed by atoms with Crippen molar-refractivity contribution in [1.29, 1.82) is 0 Å². The maximum Gasteiger partial charge on any atom is 0.127 e. The van der Waals surface area contributed by atoms with Crippen LogP contribution in [0.2, 0.25) is 0 Å². The topological polar surface area (TPSA) is 18.8 Å². The van der Waals surface area contributed by atoms with Crippen LogP contribution < -0.4 is 4.90 Å². The van der Waals surface area contributed by atoms with Gasteiger partial charge < -0.3 is 9.91 Å². The molecule has 0 N–H and O–H groups in total. The fourth-order valence-corrected chi connectivity index (χ4v) is 4.63. The summed E-state index contributed by atoms with van der Waals surface area (Å²) in [6, 6.07) is 15.3. The Morgan fingerprint density at radius 2 is 1.86 bits per heavy atom. The van der Waals surface area contributed by atoms with E-state index in [1.165, 1.54) is 59.9 Å². The van der Waals surface area contributed by atoms with E-state index in [9.17, 15) is 0 Å². The predicted molar refractivity (Wildman–Crippen MR) is 112 cm³/mol. The number of fused-ring (bicyclic) bond motifs is 6. The van der Waals surface area contributed by atoms with Crippen LogP contribution in [-0.2, 0) is 20.1 Å². The molecule has 4 heteroatoms. The number of anilines is 1. The average molecular weight is 550 g/mol. The molecule has 0 atom stereocenters. The molecule has 1 radical (unpaired) electrons. The molecule has 0 unspecified atom stereocenters. The molecule has 3 aliphatic rings. The first-order valence-electron chi connectivity index (χ1n) is 10.3. The van der Waals surface area contributed by atoms with E-state index in [0.29, 0.717) is 12.0 Å². The van der Waals surface area contributed by atoms with Crippen LogP contribution in [0.25, 0.3) is 11.1 Å². The standard InChI is InChI=1S/C24H27N3.Ir/c1-16(2)27-15-26-23-12-9-17(3)13-21(23)20-11-10-19(14-22(20)24(26)25-27)18-7-5-4-6-8-18;/h9-11,13-16,18H,4-8H2,1-3H3;/q-2;. The van der Waals surface area contributed by atoms with Crippen molar-refractivity contribution in [2.24, 2.45) is 5.10 Å². The van der Waals surface area contributed by atoms with Crippen LogP contribution in [0, 0.1) is 19.7 Å². The molecule has 0 amide bonds. The van der Waals surface area contributed by atoms with Crippen molar-refractivity contribution in [1.82, 2.24) is 5.01 Å². The summed E-state index contributed by atoms with van der Waals surface area (Å²) in [6.45, 7) is 8.63. The molecule has 5 rings (SSSR count). The van der Waals surface area contributed by atoms with Gasteiger partial charge in [0, 0.05) is 31.7 Å². The third-order valence-corrected chi connectivity index (χ3v) is 6.16. The molecule has 0 bridgehead atoms. The second-order valence-corrected chi connectivity index (χ2v) is 8.46. The van der Waals surface area contributed by atoms with E-state index < -0.39 is 0 Å². The van der Waals surface area contributed by atoms with Gasteiger partial charge in [0.05, 0.1) is 0 Å². The van der Waals surface area contributed by atoms with Gasteiger partial charge in [-0.05, 0) is 44.2 Å². The minimum absolute atomic E-state index is 0. The van der Waals surface area contributed by atoms with Crippen LogP contribution in [0.3, 0.4) is 0 Å². The molecule has 1 aliphatic carbocycles. The summed E-state index contributed by atoms with van der Waals surface area (Å²) in [7, 11) is 0. The van der Waals surface area contributed by atoms with E-state index in [-0.39, 0.29) is 20.1 Å². The number of hydrogen-bond acceptors (Lipinski definition) is 3. The zero-order valence-corrected chi connectivity index (χ0v) is 19.2. The molecule has 1 saturated carbocycles. The number of rotatable bonds is 2. The Labute approximate surface area is 182 Å². The molecular weight excluding hydrogens is 523 g/mol. The summed E-state index contributed by atoms with van der Waals surface area (Å²) in [6.07, 6.45) is 6.76. The van der Waals surface area contributed by atoms with Crippen LogP contribution >= 0.6 is 0 Å². The second kappa shape index (κ2) is 7.65. The van der Waals surface area contributed by atoms with Crippen LogP contribution in [0.5, 0.6) is 0 Å². The molecule has 2 aromatic rings. The molecule has 1 fully saturated rings. The van der Waals surface area contributed by atoms with E-state index >= 15 is 0 Å². The number of nitrogens with zero attached hydrogens (tertiary/aromatic N) is 3. The second-order valence-electron chi connectivity index (χ2n) is 8.46. The maximum absolute atomic E-state index is 4.96. The number of aryl methyl sites for hydroxylation is 1. The zero-order valence-electron chi connectivity index (χ0n) is 16.8. The van der Waals surface area contributed by atoms with Gasteiger partial charge in [0.1, 0.15) is 5.84 Å². The third-order valence-electron chi connectivity index (χ3n) is 6.16. The monoisotopic (exact) mass is 550 g/mol. The van der Waals surface area contributed by atoms with Gasteiger partial charge in [-0.2, -0.15) is 28.9 Å². The van der Waals surface area contributed by atoms with Crippen molar-refractivity contribution in [3.8, 4) is 11.1 Å². The van der Waals surface area contributed by atoms with Crippen molar-refractivity contribution >= 4 is 11.5 Å². The van der Waals surface area contributed by atoms with Gasteiger partial charge >= 0.3 is 0 Å². The van der Waals surface area contributed by atoms with Gasteiger partial charge in [-0.3, -0.25) is 0 Å². The van der Waals surface area contributed by atoms with Crippen molar-refractivity contribution < 1.29 is 20.1 Å². The first kappa shape index (κ1) is 19.7. The molecule has 0 aromatic heterocycles.